The van der Waals surface area contributed by atoms with E-state index in [1.807, 2.05) is 18.7 Å². The second kappa shape index (κ2) is 7.49. The van der Waals surface area contributed by atoms with E-state index in [2.05, 4.69) is 14.9 Å². The van der Waals surface area contributed by atoms with Crippen LogP contribution in [-0.4, -0.2) is 22.6 Å². The van der Waals surface area contributed by atoms with Crippen molar-refractivity contribution in [1.29, 1.82) is 0 Å². The standard InChI is InChI=1S/C14H25N3/c1-2-6-14(5-1)7-9-15-8-3-4-11-17-12-10-16-13-17/h10,12-15H,1-9,11H2. The first kappa shape index (κ1) is 12.6. The minimum absolute atomic E-state index is 1.02. The zero-order chi connectivity index (χ0) is 11.8. The lowest BCUT2D eigenvalue weighted by Crippen LogP contribution is -2.19. The molecule has 1 aromatic rings. The zero-order valence-electron chi connectivity index (χ0n) is 10.8. The summed E-state index contributed by atoms with van der Waals surface area (Å²) in [6.07, 6.45) is 15.6. The number of aryl methyl sites for hydroxylation is 1. The van der Waals surface area contributed by atoms with Gasteiger partial charge < -0.3 is 9.88 Å². The van der Waals surface area contributed by atoms with E-state index in [-0.39, 0.29) is 0 Å². The van der Waals surface area contributed by atoms with E-state index in [0.29, 0.717) is 0 Å². The van der Waals surface area contributed by atoms with Gasteiger partial charge in [0.05, 0.1) is 6.33 Å². The van der Waals surface area contributed by atoms with Gasteiger partial charge in [-0.15, -0.1) is 0 Å². The number of nitrogens with one attached hydrogen (secondary N) is 1. The average molecular weight is 235 g/mol. The van der Waals surface area contributed by atoms with Crippen molar-refractivity contribution in [3.63, 3.8) is 0 Å². The van der Waals surface area contributed by atoms with E-state index in [9.17, 15) is 0 Å². The van der Waals surface area contributed by atoms with Crippen LogP contribution in [0.1, 0.15) is 44.9 Å². The number of hydrogen-bond donors (Lipinski definition) is 1. The molecule has 0 unspecified atom stereocenters. The minimum atomic E-state index is 1.02. The van der Waals surface area contributed by atoms with Crippen LogP contribution >= 0.6 is 0 Å². The van der Waals surface area contributed by atoms with Gasteiger partial charge in [0, 0.05) is 18.9 Å². The Kier molecular flexibility index (Phi) is 5.56. The van der Waals surface area contributed by atoms with Crippen molar-refractivity contribution in [2.24, 2.45) is 5.92 Å². The van der Waals surface area contributed by atoms with E-state index < -0.39 is 0 Å². The molecule has 0 radical (unpaired) electrons. The lowest BCUT2D eigenvalue weighted by Gasteiger charge is -2.09. The number of hydrogen-bond acceptors (Lipinski definition) is 2. The summed E-state index contributed by atoms with van der Waals surface area (Å²) in [5, 5.41) is 3.57. The normalized spacial score (nSPS) is 16.7. The lowest BCUT2D eigenvalue weighted by molar-refractivity contribution is 0.470. The molecule has 3 heteroatoms. The van der Waals surface area contributed by atoms with E-state index in [4.69, 9.17) is 0 Å². The smallest absolute Gasteiger partial charge is 0.0945 e. The SMILES string of the molecule is c1cn(CCCCNCCC2CCCC2)cn1. The Hall–Kier alpha value is -0.830. The number of nitrogens with zero attached hydrogens (tertiary/aromatic N) is 2. The summed E-state index contributed by atoms with van der Waals surface area (Å²) in [5.41, 5.74) is 0. The maximum Gasteiger partial charge on any atom is 0.0945 e. The number of unbranched alkanes of at least 4 members (excludes halogenated alkanes) is 1. The largest absolute Gasteiger partial charge is 0.337 e. The maximum absolute atomic E-state index is 4.04. The van der Waals surface area contributed by atoms with Crippen LogP contribution in [0, 0.1) is 5.92 Å². The van der Waals surface area contributed by atoms with Gasteiger partial charge >= 0.3 is 0 Å². The fraction of sp³-hybridized carbons (Fsp3) is 0.786. The molecule has 0 spiro atoms. The third-order valence-electron chi connectivity index (χ3n) is 3.78. The van der Waals surface area contributed by atoms with Crippen LogP contribution in [0.25, 0.3) is 0 Å². The molecule has 0 saturated heterocycles. The second-order valence-corrected chi connectivity index (χ2v) is 5.20. The van der Waals surface area contributed by atoms with E-state index in [1.54, 1.807) is 0 Å². The number of aromatic nitrogens is 2. The first-order valence-corrected chi connectivity index (χ1v) is 7.11. The van der Waals surface area contributed by atoms with Gasteiger partial charge in [0.2, 0.25) is 0 Å². The van der Waals surface area contributed by atoms with Crippen LogP contribution in [0.4, 0.5) is 0 Å². The topological polar surface area (TPSA) is 29.9 Å². The Morgan fingerprint density at radius 1 is 1.18 bits per heavy atom. The molecule has 17 heavy (non-hydrogen) atoms. The maximum atomic E-state index is 4.04. The van der Waals surface area contributed by atoms with Crippen molar-refractivity contribution in [2.45, 2.75) is 51.5 Å². The van der Waals surface area contributed by atoms with Gasteiger partial charge in [-0.25, -0.2) is 4.98 Å². The first-order chi connectivity index (χ1) is 8.45. The van der Waals surface area contributed by atoms with E-state index >= 15 is 0 Å². The van der Waals surface area contributed by atoms with Gasteiger partial charge in [-0.3, -0.25) is 0 Å². The van der Waals surface area contributed by atoms with Gasteiger partial charge in [-0.1, -0.05) is 25.7 Å². The predicted octanol–water partition coefficient (Wildman–Crippen LogP) is 2.83. The molecule has 1 aliphatic carbocycles. The highest BCUT2D eigenvalue weighted by atomic mass is 15.0. The first-order valence-electron chi connectivity index (χ1n) is 7.11. The van der Waals surface area contributed by atoms with Gasteiger partial charge in [-0.05, 0) is 38.3 Å². The summed E-state index contributed by atoms with van der Waals surface area (Å²) >= 11 is 0. The molecule has 1 aliphatic rings. The molecule has 1 aromatic heterocycles. The van der Waals surface area contributed by atoms with Crippen LogP contribution in [0.3, 0.4) is 0 Å². The third-order valence-corrected chi connectivity index (χ3v) is 3.78. The Bertz CT molecular complexity index is 276. The molecule has 1 heterocycles. The van der Waals surface area contributed by atoms with Crippen molar-refractivity contribution in [2.75, 3.05) is 13.1 Å². The highest BCUT2D eigenvalue weighted by Gasteiger charge is 2.13. The quantitative estimate of drug-likeness (QED) is 0.702. The summed E-state index contributed by atoms with van der Waals surface area (Å²) in [5.74, 6) is 1.02. The zero-order valence-corrected chi connectivity index (χ0v) is 10.8. The van der Waals surface area contributed by atoms with Gasteiger partial charge in [-0.2, -0.15) is 0 Å². The molecule has 1 fully saturated rings. The summed E-state index contributed by atoms with van der Waals surface area (Å²) in [6, 6.07) is 0. The minimum Gasteiger partial charge on any atom is -0.337 e. The molecular weight excluding hydrogens is 210 g/mol. The predicted molar refractivity (Wildman–Crippen MR) is 70.9 cm³/mol. The van der Waals surface area contributed by atoms with Crippen molar-refractivity contribution in [3.8, 4) is 0 Å². The fourth-order valence-electron chi connectivity index (χ4n) is 2.69. The van der Waals surface area contributed by atoms with Crippen molar-refractivity contribution >= 4 is 0 Å². The molecule has 1 saturated carbocycles. The Labute approximate surface area is 105 Å². The van der Waals surface area contributed by atoms with E-state index in [1.165, 1.54) is 58.0 Å². The Balaban J connectivity index is 1.39. The van der Waals surface area contributed by atoms with Crippen LogP contribution < -0.4 is 5.32 Å². The second-order valence-electron chi connectivity index (χ2n) is 5.20. The molecule has 2 rings (SSSR count). The van der Waals surface area contributed by atoms with Crippen LogP contribution in [-0.2, 0) is 6.54 Å². The highest BCUT2D eigenvalue weighted by molar-refractivity contribution is 4.73. The van der Waals surface area contributed by atoms with Crippen molar-refractivity contribution in [1.82, 2.24) is 14.9 Å². The molecule has 0 atom stereocenters. The summed E-state index contributed by atoms with van der Waals surface area (Å²) in [6.45, 7) is 3.49. The Morgan fingerprint density at radius 3 is 2.82 bits per heavy atom. The van der Waals surface area contributed by atoms with Crippen LogP contribution in [0.2, 0.25) is 0 Å². The molecule has 1 N–H and O–H groups in total. The van der Waals surface area contributed by atoms with Crippen LogP contribution in [0.5, 0.6) is 0 Å². The van der Waals surface area contributed by atoms with Crippen molar-refractivity contribution < 1.29 is 0 Å². The van der Waals surface area contributed by atoms with Crippen molar-refractivity contribution in [3.05, 3.63) is 18.7 Å². The molecule has 0 aliphatic heterocycles. The summed E-state index contributed by atoms with van der Waals surface area (Å²) in [7, 11) is 0. The van der Waals surface area contributed by atoms with Gasteiger partial charge in [0.15, 0.2) is 0 Å². The number of imidazole rings is 1. The van der Waals surface area contributed by atoms with Crippen LogP contribution in [0.15, 0.2) is 18.7 Å². The highest BCUT2D eigenvalue weighted by Crippen LogP contribution is 2.26. The molecule has 0 amide bonds. The van der Waals surface area contributed by atoms with Gasteiger partial charge in [0.25, 0.3) is 0 Å². The summed E-state index contributed by atoms with van der Waals surface area (Å²) in [4.78, 5) is 4.04. The average Bonchev–Trinajstić information content (AvgIpc) is 3.00. The monoisotopic (exact) mass is 235 g/mol. The molecule has 0 aromatic carbocycles. The van der Waals surface area contributed by atoms with E-state index in [0.717, 1.165) is 12.5 Å². The third kappa shape index (κ3) is 4.90. The Morgan fingerprint density at radius 2 is 2.06 bits per heavy atom. The molecule has 3 nitrogen and oxygen atoms in total. The molecule has 0 bridgehead atoms. The van der Waals surface area contributed by atoms with Gasteiger partial charge in [0.1, 0.15) is 0 Å². The summed E-state index contributed by atoms with van der Waals surface area (Å²) < 4.78 is 2.15. The lowest BCUT2D eigenvalue weighted by atomic mass is 10.0. The fourth-order valence-corrected chi connectivity index (χ4v) is 2.69. The molecular formula is C14H25N3. The molecule has 96 valence electrons. The number of rotatable bonds is 8.